The molecule has 0 unspecified atom stereocenters. The SMILES string of the molecule is C[C@H]1CN(C)CCN1CCO. The summed E-state index contributed by atoms with van der Waals surface area (Å²) in [5.41, 5.74) is 0. The average molecular weight is 158 g/mol. The molecule has 0 aromatic rings. The molecule has 0 aliphatic carbocycles. The highest BCUT2D eigenvalue weighted by atomic mass is 16.3. The Morgan fingerprint density at radius 1 is 1.45 bits per heavy atom. The molecule has 1 heterocycles. The van der Waals surface area contributed by atoms with Gasteiger partial charge in [-0.2, -0.15) is 0 Å². The Morgan fingerprint density at radius 2 is 2.18 bits per heavy atom. The van der Waals surface area contributed by atoms with Crippen molar-refractivity contribution in [3.05, 3.63) is 0 Å². The standard InChI is InChI=1S/C8H18N2O/c1-8-7-9(2)3-4-10(8)5-6-11/h8,11H,3-7H2,1-2H3/t8-/m0/s1. The second-order valence-corrected chi connectivity index (χ2v) is 3.37. The summed E-state index contributed by atoms with van der Waals surface area (Å²) in [5, 5.41) is 8.75. The maximum absolute atomic E-state index is 8.75. The van der Waals surface area contributed by atoms with E-state index in [1.165, 1.54) is 0 Å². The highest BCUT2D eigenvalue weighted by molar-refractivity contribution is 4.76. The van der Waals surface area contributed by atoms with Crippen molar-refractivity contribution < 1.29 is 5.11 Å². The van der Waals surface area contributed by atoms with Crippen LogP contribution in [0.3, 0.4) is 0 Å². The molecule has 0 amide bonds. The van der Waals surface area contributed by atoms with Gasteiger partial charge >= 0.3 is 0 Å². The monoisotopic (exact) mass is 158 g/mol. The van der Waals surface area contributed by atoms with Crippen LogP contribution in [0, 0.1) is 0 Å². The molecule has 1 fully saturated rings. The van der Waals surface area contributed by atoms with E-state index in [0.717, 1.165) is 26.2 Å². The number of β-amino-alcohol motifs (C(OH)–C–C–N with tert-alkyl or cyclic N) is 1. The molecular weight excluding hydrogens is 140 g/mol. The van der Waals surface area contributed by atoms with Crippen LogP contribution in [0.15, 0.2) is 0 Å². The number of hydrogen-bond acceptors (Lipinski definition) is 3. The van der Waals surface area contributed by atoms with E-state index in [1.54, 1.807) is 0 Å². The van der Waals surface area contributed by atoms with E-state index in [0.29, 0.717) is 6.04 Å². The van der Waals surface area contributed by atoms with Gasteiger partial charge < -0.3 is 10.0 Å². The lowest BCUT2D eigenvalue weighted by atomic mass is 10.2. The van der Waals surface area contributed by atoms with Crippen LogP contribution in [-0.4, -0.2) is 60.8 Å². The van der Waals surface area contributed by atoms with Crippen molar-refractivity contribution in [2.24, 2.45) is 0 Å². The Hall–Kier alpha value is -0.120. The van der Waals surface area contributed by atoms with Gasteiger partial charge in [0.15, 0.2) is 0 Å². The summed E-state index contributed by atoms with van der Waals surface area (Å²) < 4.78 is 0. The number of aliphatic hydroxyl groups is 1. The Bertz CT molecular complexity index is 119. The zero-order valence-corrected chi connectivity index (χ0v) is 7.45. The Labute approximate surface area is 68.6 Å². The molecule has 1 rings (SSSR count). The summed E-state index contributed by atoms with van der Waals surface area (Å²) in [4.78, 5) is 4.67. The quantitative estimate of drug-likeness (QED) is 0.593. The smallest absolute Gasteiger partial charge is 0.0558 e. The molecule has 66 valence electrons. The fourth-order valence-corrected chi connectivity index (χ4v) is 1.64. The van der Waals surface area contributed by atoms with Gasteiger partial charge in [0.1, 0.15) is 0 Å². The molecule has 1 atom stereocenters. The molecular formula is C8H18N2O. The minimum absolute atomic E-state index is 0.286. The van der Waals surface area contributed by atoms with Gasteiger partial charge in [-0.1, -0.05) is 0 Å². The highest BCUT2D eigenvalue weighted by Gasteiger charge is 2.19. The van der Waals surface area contributed by atoms with Crippen molar-refractivity contribution in [2.75, 3.05) is 39.8 Å². The van der Waals surface area contributed by atoms with Crippen LogP contribution in [0.5, 0.6) is 0 Å². The van der Waals surface area contributed by atoms with Crippen molar-refractivity contribution >= 4 is 0 Å². The lowest BCUT2D eigenvalue weighted by Crippen LogP contribution is -2.51. The molecule has 0 spiro atoms. The van der Waals surface area contributed by atoms with Crippen LogP contribution in [0.25, 0.3) is 0 Å². The van der Waals surface area contributed by atoms with Crippen LogP contribution in [0.2, 0.25) is 0 Å². The van der Waals surface area contributed by atoms with Crippen LogP contribution in [0.4, 0.5) is 0 Å². The molecule has 11 heavy (non-hydrogen) atoms. The average Bonchev–Trinajstić information content (AvgIpc) is 1.95. The summed E-state index contributed by atoms with van der Waals surface area (Å²) in [6, 6.07) is 0.598. The molecule has 1 aliphatic heterocycles. The topological polar surface area (TPSA) is 26.7 Å². The lowest BCUT2D eigenvalue weighted by Gasteiger charge is -2.37. The fourth-order valence-electron chi connectivity index (χ4n) is 1.64. The van der Waals surface area contributed by atoms with E-state index >= 15 is 0 Å². The Balaban J connectivity index is 2.31. The predicted octanol–water partition coefficient (Wildman–Crippen LogP) is -0.385. The van der Waals surface area contributed by atoms with Crippen LogP contribution >= 0.6 is 0 Å². The number of rotatable bonds is 2. The zero-order valence-electron chi connectivity index (χ0n) is 7.45. The van der Waals surface area contributed by atoms with E-state index in [9.17, 15) is 0 Å². The van der Waals surface area contributed by atoms with E-state index < -0.39 is 0 Å². The Morgan fingerprint density at radius 3 is 2.73 bits per heavy atom. The zero-order chi connectivity index (χ0) is 8.27. The van der Waals surface area contributed by atoms with Crippen molar-refractivity contribution in [3.8, 4) is 0 Å². The van der Waals surface area contributed by atoms with Gasteiger partial charge in [-0.05, 0) is 14.0 Å². The molecule has 0 radical (unpaired) electrons. The molecule has 3 heteroatoms. The maximum atomic E-state index is 8.75. The summed E-state index contributed by atoms with van der Waals surface area (Å²) in [7, 11) is 2.15. The largest absolute Gasteiger partial charge is 0.395 e. The third-order valence-corrected chi connectivity index (χ3v) is 2.36. The van der Waals surface area contributed by atoms with Gasteiger partial charge in [0.25, 0.3) is 0 Å². The van der Waals surface area contributed by atoms with E-state index in [2.05, 4.69) is 23.8 Å². The summed E-state index contributed by atoms with van der Waals surface area (Å²) in [6.45, 7) is 6.68. The second kappa shape index (κ2) is 4.04. The number of likely N-dealkylation sites (N-methyl/N-ethyl adjacent to an activating group) is 1. The molecule has 0 aromatic heterocycles. The minimum Gasteiger partial charge on any atom is -0.395 e. The maximum Gasteiger partial charge on any atom is 0.0558 e. The third-order valence-electron chi connectivity index (χ3n) is 2.36. The molecule has 0 bridgehead atoms. The van der Waals surface area contributed by atoms with Crippen LogP contribution in [0.1, 0.15) is 6.92 Å². The van der Waals surface area contributed by atoms with Gasteiger partial charge in [0, 0.05) is 32.2 Å². The van der Waals surface area contributed by atoms with Crippen LogP contribution < -0.4 is 0 Å². The number of piperazine rings is 1. The summed E-state index contributed by atoms with van der Waals surface area (Å²) in [6.07, 6.45) is 0. The first-order valence-electron chi connectivity index (χ1n) is 4.27. The Kier molecular flexibility index (Phi) is 3.30. The van der Waals surface area contributed by atoms with Crippen molar-refractivity contribution in [1.29, 1.82) is 0 Å². The third kappa shape index (κ3) is 2.43. The van der Waals surface area contributed by atoms with Crippen LogP contribution in [-0.2, 0) is 0 Å². The molecule has 1 saturated heterocycles. The first-order valence-corrected chi connectivity index (χ1v) is 4.27. The number of nitrogens with zero attached hydrogens (tertiary/aromatic N) is 2. The number of aliphatic hydroxyl groups excluding tert-OH is 1. The van der Waals surface area contributed by atoms with Gasteiger partial charge in [-0.3, -0.25) is 4.90 Å². The molecule has 1 aliphatic rings. The minimum atomic E-state index is 0.286. The predicted molar refractivity (Wildman–Crippen MR) is 45.6 cm³/mol. The van der Waals surface area contributed by atoms with Gasteiger partial charge in [0.2, 0.25) is 0 Å². The van der Waals surface area contributed by atoms with E-state index in [4.69, 9.17) is 5.11 Å². The second-order valence-electron chi connectivity index (χ2n) is 3.37. The molecule has 3 nitrogen and oxygen atoms in total. The van der Waals surface area contributed by atoms with E-state index in [1.807, 2.05) is 0 Å². The normalized spacial score (nSPS) is 29.2. The van der Waals surface area contributed by atoms with Gasteiger partial charge in [-0.15, -0.1) is 0 Å². The van der Waals surface area contributed by atoms with Crippen molar-refractivity contribution in [2.45, 2.75) is 13.0 Å². The fraction of sp³-hybridized carbons (Fsp3) is 1.00. The summed E-state index contributed by atoms with van der Waals surface area (Å²) >= 11 is 0. The lowest BCUT2D eigenvalue weighted by molar-refractivity contribution is 0.0820. The van der Waals surface area contributed by atoms with Gasteiger partial charge in [0.05, 0.1) is 6.61 Å². The molecule has 1 N–H and O–H groups in total. The first kappa shape index (κ1) is 8.97. The molecule has 0 saturated carbocycles. The van der Waals surface area contributed by atoms with Crippen molar-refractivity contribution in [3.63, 3.8) is 0 Å². The first-order chi connectivity index (χ1) is 5.24. The summed E-state index contributed by atoms with van der Waals surface area (Å²) in [5.74, 6) is 0. The molecule has 0 aromatic carbocycles. The van der Waals surface area contributed by atoms with Crippen molar-refractivity contribution in [1.82, 2.24) is 9.80 Å². The van der Waals surface area contributed by atoms with E-state index in [-0.39, 0.29) is 6.61 Å². The highest BCUT2D eigenvalue weighted by Crippen LogP contribution is 2.06. The van der Waals surface area contributed by atoms with Gasteiger partial charge in [-0.25, -0.2) is 0 Å². The number of hydrogen-bond donors (Lipinski definition) is 1.